The number of hydrogen-bond donors (Lipinski definition) is 3. The first-order chi connectivity index (χ1) is 20.4. The lowest BCUT2D eigenvalue weighted by Crippen LogP contribution is -2.57. The van der Waals surface area contributed by atoms with Gasteiger partial charge in [0.1, 0.15) is 10.6 Å². The zero-order valence-electron chi connectivity index (χ0n) is 23.1. The van der Waals surface area contributed by atoms with E-state index in [1.807, 2.05) is 0 Å². The van der Waals surface area contributed by atoms with Crippen LogP contribution in [0.2, 0.25) is 0 Å². The molecular weight excluding hydrogens is 623 g/mol. The number of unbranched alkanes of at least 4 members (excludes halogenated alkanes) is 5. The number of halogens is 7. The molecule has 3 aromatic carbocycles. The molecule has 0 aliphatic carbocycles. The number of nitrogens with zero attached hydrogens (tertiary/aromatic N) is 2. The number of fused-ring (bicyclic) bond motifs is 1. The molecule has 0 aromatic heterocycles. The predicted octanol–water partition coefficient (Wildman–Crippen LogP) is 8.88. The monoisotopic (exact) mass is 651 g/mol. The number of phenols is 1. The van der Waals surface area contributed by atoms with Crippen LogP contribution in [-0.2, 0) is 21.3 Å². The Kier molecular flexibility index (Phi) is 10.6. The molecule has 0 saturated carbocycles. The number of benzene rings is 3. The Morgan fingerprint density at radius 3 is 2.07 bits per heavy atom. The number of nitrogens with one attached hydrogen (secondary N) is 1. The first-order valence-corrected chi connectivity index (χ1v) is 14.8. The van der Waals surface area contributed by atoms with E-state index in [9.17, 15) is 53.6 Å². The van der Waals surface area contributed by atoms with E-state index in [4.69, 9.17) is 0 Å². The number of anilines is 1. The molecule has 1 amide bonds. The fourth-order valence-electron chi connectivity index (χ4n) is 4.19. The summed E-state index contributed by atoms with van der Waals surface area (Å²) in [5, 5.41) is 19.0. The van der Waals surface area contributed by atoms with Crippen LogP contribution in [0.1, 0.15) is 51.0 Å². The standard InChI is InChI=1S/C28H28F7N3O5S/c1-2-3-4-5-6-7-8-17-9-12-19(13-10-17)37-38-23-22(44(41,42)43)15-18-11-14-20(16-21(18)24(23)39)36-25(40)26(29,30)27(31,32)28(33,34)35/h9-16,39H,2-8H2,1H3,(H,36,40)(H,41,42,43). The van der Waals surface area contributed by atoms with Gasteiger partial charge in [-0.05, 0) is 54.1 Å². The van der Waals surface area contributed by atoms with Crippen molar-refractivity contribution < 1.29 is 53.6 Å². The minimum absolute atomic E-state index is 0.168. The van der Waals surface area contributed by atoms with Gasteiger partial charge in [-0.1, -0.05) is 57.2 Å². The molecule has 0 radical (unpaired) electrons. The van der Waals surface area contributed by atoms with Gasteiger partial charge in [-0.3, -0.25) is 9.35 Å². The molecule has 0 atom stereocenters. The Hall–Kier alpha value is -3.79. The van der Waals surface area contributed by atoms with E-state index in [2.05, 4.69) is 17.2 Å². The number of carbonyl (C=O) groups is 1. The lowest BCUT2D eigenvalue weighted by molar-refractivity contribution is -0.343. The van der Waals surface area contributed by atoms with Gasteiger partial charge in [-0.2, -0.15) is 44.3 Å². The van der Waals surface area contributed by atoms with Crippen LogP contribution in [0.3, 0.4) is 0 Å². The Balaban J connectivity index is 1.90. The summed E-state index contributed by atoms with van der Waals surface area (Å²) in [5.41, 5.74) is -0.307. The van der Waals surface area contributed by atoms with E-state index < -0.39 is 61.5 Å². The van der Waals surface area contributed by atoms with Crippen LogP contribution in [-0.4, -0.2) is 42.0 Å². The summed E-state index contributed by atoms with van der Waals surface area (Å²) < 4.78 is 125. The van der Waals surface area contributed by atoms with Crippen LogP contribution in [0.15, 0.2) is 63.7 Å². The molecule has 3 rings (SSSR count). The highest BCUT2D eigenvalue weighted by Crippen LogP contribution is 2.47. The summed E-state index contributed by atoms with van der Waals surface area (Å²) in [4.78, 5) is 10.8. The molecule has 3 aromatic rings. The van der Waals surface area contributed by atoms with Crippen molar-refractivity contribution in [3.8, 4) is 5.75 Å². The maximum absolute atomic E-state index is 13.8. The van der Waals surface area contributed by atoms with Crippen molar-refractivity contribution in [3.05, 3.63) is 54.1 Å². The van der Waals surface area contributed by atoms with Crippen molar-refractivity contribution in [2.45, 2.75) is 74.8 Å². The van der Waals surface area contributed by atoms with Crippen molar-refractivity contribution >= 4 is 43.9 Å². The topological polar surface area (TPSA) is 128 Å². The molecule has 240 valence electrons. The maximum atomic E-state index is 13.8. The Labute approximate surface area is 247 Å². The van der Waals surface area contributed by atoms with Crippen LogP contribution < -0.4 is 5.32 Å². The third kappa shape index (κ3) is 7.83. The Morgan fingerprint density at radius 1 is 0.864 bits per heavy atom. The zero-order valence-corrected chi connectivity index (χ0v) is 24.0. The Morgan fingerprint density at radius 2 is 1.48 bits per heavy atom. The molecule has 3 N–H and O–H groups in total. The minimum atomic E-state index is -6.74. The summed E-state index contributed by atoms with van der Waals surface area (Å²) in [6.07, 6.45) is 0.797. The molecule has 0 fully saturated rings. The van der Waals surface area contributed by atoms with E-state index in [-0.39, 0.29) is 11.1 Å². The number of hydrogen-bond acceptors (Lipinski definition) is 6. The summed E-state index contributed by atoms with van der Waals surface area (Å²) in [6, 6.07) is 9.91. The molecule has 44 heavy (non-hydrogen) atoms. The largest absolute Gasteiger partial charge is 0.505 e. The first kappa shape index (κ1) is 34.7. The third-order valence-electron chi connectivity index (χ3n) is 6.64. The van der Waals surface area contributed by atoms with Gasteiger partial charge in [-0.25, -0.2) is 0 Å². The number of amides is 1. The lowest BCUT2D eigenvalue weighted by atomic mass is 10.0. The number of aromatic hydroxyl groups is 1. The van der Waals surface area contributed by atoms with Gasteiger partial charge in [0, 0.05) is 11.1 Å². The highest BCUT2D eigenvalue weighted by Gasteiger charge is 2.76. The number of phenolic OH excluding ortho intramolecular Hbond substituents is 1. The molecule has 0 spiro atoms. The molecule has 0 bridgehead atoms. The first-order valence-electron chi connectivity index (χ1n) is 13.3. The summed E-state index contributed by atoms with van der Waals surface area (Å²) in [5.74, 6) is -16.9. The molecule has 0 saturated heterocycles. The lowest BCUT2D eigenvalue weighted by Gasteiger charge is -2.27. The maximum Gasteiger partial charge on any atom is 0.460 e. The Bertz CT molecular complexity index is 1630. The fraction of sp³-hybridized carbons (Fsp3) is 0.393. The van der Waals surface area contributed by atoms with Crippen molar-refractivity contribution in [3.63, 3.8) is 0 Å². The van der Waals surface area contributed by atoms with Gasteiger partial charge in [0.05, 0.1) is 5.69 Å². The van der Waals surface area contributed by atoms with Crippen molar-refractivity contribution in [2.75, 3.05) is 5.32 Å². The van der Waals surface area contributed by atoms with E-state index >= 15 is 0 Å². The number of carbonyl (C=O) groups excluding carboxylic acids is 1. The molecular formula is C28H28F7N3O5S. The van der Waals surface area contributed by atoms with Gasteiger partial charge >= 0.3 is 23.9 Å². The molecule has 0 aliphatic heterocycles. The van der Waals surface area contributed by atoms with Gasteiger partial charge in [0.25, 0.3) is 10.1 Å². The highest BCUT2D eigenvalue weighted by molar-refractivity contribution is 7.86. The van der Waals surface area contributed by atoms with Crippen LogP contribution in [0, 0.1) is 0 Å². The zero-order chi connectivity index (χ0) is 32.9. The second kappa shape index (κ2) is 13.5. The van der Waals surface area contributed by atoms with Crippen LogP contribution in [0.25, 0.3) is 10.8 Å². The summed E-state index contributed by atoms with van der Waals surface area (Å²) in [7, 11) is -5.03. The summed E-state index contributed by atoms with van der Waals surface area (Å²) in [6.45, 7) is 2.13. The minimum Gasteiger partial charge on any atom is -0.505 e. The normalized spacial score (nSPS) is 13.1. The van der Waals surface area contributed by atoms with Crippen molar-refractivity contribution in [1.29, 1.82) is 0 Å². The third-order valence-corrected chi connectivity index (χ3v) is 7.51. The van der Waals surface area contributed by atoms with Gasteiger partial charge in [0.15, 0.2) is 5.75 Å². The number of azo groups is 1. The second-order valence-corrected chi connectivity index (χ2v) is 11.4. The van der Waals surface area contributed by atoms with E-state index in [1.54, 1.807) is 24.3 Å². The smallest absolute Gasteiger partial charge is 0.460 e. The summed E-state index contributed by atoms with van der Waals surface area (Å²) >= 11 is 0. The SMILES string of the molecule is CCCCCCCCc1ccc(N=Nc2c(S(=O)(=O)O)cc3ccc(NC(=O)C(F)(F)C(F)(F)C(F)(F)F)cc3c2O)cc1. The molecule has 0 aliphatic rings. The van der Waals surface area contributed by atoms with Crippen LogP contribution >= 0.6 is 0 Å². The van der Waals surface area contributed by atoms with Gasteiger partial charge in [-0.15, -0.1) is 5.11 Å². The quantitative estimate of drug-likeness (QED) is 0.0736. The van der Waals surface area contributed by atoms with Gasteiger partial charge < -0.3 is 10.4 Å². The average Bonchev–Trinajstić information content (AvgIpc) is 2.94. The van der Waals surface area contributed by atoms with E-state index in [0.29, 0.717) is 6.07 Å². The fourth-order valence-corrected chi connectivity index (χ4v) is 4.85. The predicted molar refractivity (Wildman–Crippen MR) is 148 cm³/mol. The van der Waals surface area contributed by atoms with E-state index in [1.165, 1.54) is 18.2 Å². The van der Waals surface area contributed by atoms with Gasteiger partial charge in [0.2, 0.25) is 0 Å². The number of alkyl halides is 7. The average molecular weight is 652 g/mol. The second-order valence-electron chi connectivity index (χ2n) is 9.97. The number of rotatable bonds is 13. The van der Waals surface area contributed by atoms with Crippen molar-refractivity contribution in [1.82, 2.24) is 0 Å². The molecule has 16 heteroatoms. The highest BCUT2D eigenvalue weighted by atomic mass is 32.2. The molecule has 8 nitrogen and oxygen atoms in total. The van der Waals surface area contributed by atoms with Crippen molar-refractivity contribution in [2.24, 2.45) is 10.2 Å². The number of aryl methyl sites for hydroxylation is 1. The molecule has 0 unspecified atom stereocenters. The van der Waals surface area contributed by atoms with E-state index in [0.717, 1.165) is 55.9 Å². The van der Waals surface area contributed by atoms with Crippen LogP contribution in [0.4, 0.5) is 47.8 Å². The molecule has 0 heterocycles. The van der Waals surface area contributed by atoms with Crippen LogP contribution in [0.5, 0.6) is 5.75 Å².